The third-order valence-electron chi connectivity index (χ3n) is 1.72. The van der Waals surface area contributed by atoms with Crippen LogP contribution < -0.4 is 5.32 Å². The summed E-state index contributed by atoms with van der Waals surface area (Å²) < 4.78 is 0.904. The highest BCUT2D eigenvalue weighted by molar-refractivity contribution is 9.10. The number of hydrogen-bond donors (Lipinski definition) is 2. The van der Waals surface area contributed by atoms with Gasteiger partial charge in [0.2, 0.25) is 5.91 Å². The van der Waals surface area contributed by atoms with Crippen LogP contribution in [0.25, 0.3) is 6.08 Å². The Morgan fingerprint density at radius 3 is 2.31 bits per heavy atom. The molecule has 0 unspecified atom stereocenters. The first-order chi connectivity index (χ1) is 7.49. The van der Waals surface area contributed by atoms with E-state index in [-0.39, 0.29) is 5.70 Å². The second-order valence-corrected chi connectivity index (χ2v) is 4.01. The first-order valence-electron chi connectivity index (χ1n) is 4.47. The van der Waals surface area contributed by atoms with Crippen LogP contribution in [0.5, 0.6) is 0 Å². The summed E-state index contributed by atoms with van der Waals surface area (Å²) in [4.78, 5) is 21.6. The molecule has 16 heavy (non-hydrogen) atoms. The molecule has 0 aliphatic rings. The van der Waals surface area contributed by atoms with Crippen LogP contribution in [0.15, 0.2) is 34.4 Å². The predicted octanol–water partition coefficient (Wildman–Crippen LogP) is 2.01. The molecule has 1 aromatic rings. The average molecular weight is 284 g/mol. The number of carbonyl (C=O) groups excluding carboxylic acids is 1. The van der Waals surface area contributed by atoms with Gasteiger partial charge in [-0.15, -0.1) is 0 Å². The number of benzene rings is 1. The van der Waals surface area contributed by atoms with Gasteiger partial charge in [-0.05, 0) is 23.8 Å². The highest BCUT2D eigenvalue weighted by atomic mass is 79.9. The fourth-order valence-electron chi connectivity index (χ4n) is 1.07. The van der Waals surface area contributed by atoms with Crippen molar-refractivity contribution in [2.24, 2.45) is 0 Å². The number of carboxylic acids is 1. The van der Waals surface area contributed by atoms with E-state index in [1.807, 2.05) is 0 Å². The Labute approximate surface area is 101 Å². The third kappa shape index (κ3) is 3.86. The molecular formula is C11H10BrNO3. The van der Waals surface area contributed by atoms with Gasteiger partial charge in [0.05, 0.1) is 0 Å². The van der Waals surface area contributed by atoms with Crippen LogP contribution in [0.4, 0.5) is 0 Å². The molecule has 0 bridgehead atoms. The van der Waals surface area contributed by atoms with E-state index < -0.39 is 11.9 Å². The lowest BCUT2D eigenvalue weighted by Crippen LogP contribution is -2.24. The highest BCUT2D eigenvalue weighted by Crippen LogP contribution is 2.12. The van der Waals surface area contributed by atoms with Gasteiger partial charge in [0.25, 0.3) is 0 Å². The summed E-state index contributed by atoms with van der Waals surface area (Å²) in [5.74, 6) is -1.58. The molecule has 1 amide bonds. The number of amides is 1. The normalized spacial score (nSPS) is 11.0. The molecule has 84 valence electrons. The molecule has 0 saturated carbocycles. The fourth-order valence-corrected chi connectivity index (χ4v) is 1.33. The van der Waals surface area contributed by atoms with Gasteiger partial charge in [-0.1, -0.05) is 28.1 Å². The van der Waals surface area contributed by atoms with Gasteiger partial charge in [0, 0.05) is 11.4 Å². The van der Waals surface area contributed by atoms with E-state index in [2.05, 4.69) is 21.2 Å². The minimum atomic E-state index is -1.17. The van der Waals surface area contributed by atoms with E-state index in [0.717, 1.165) is 4.47 Å². The molecule has 0 saturated heterocycles. The molecule has 1 rings (SSSR count). The van der Waals surface area contributed by atoms with Crippen molar-refractivity contribution in [2.45, 2.75) is 6.92 Å². The smallest absolute Gasteiger partial charge is 0.352 e. The lowest BCUT2D eigenvalue weighted by Gasteiger charge is -2.02. The van der Waals surface area contributed by atoms with Crippen LogP contribution in [0.1, 0.15) is 12.5 Å². The summed E-state index contributed by atoms with van der Waals surface area (Å²) in [6.07, 6.45) is 1.40. The zero-order valence-corrected chi connectivity index (χ0v) is 10.1. The number of aliphatic carboxylic acids is 1. The number of hydrogen-bond acceptors (Lipinski definition) is 2. The molecule has 1 aromatic carbocycles. The van der Waals surface area contributed by atoms with Gasteiger partial charge in [-0.25, -0.2) is 4.79 Å². The second-order valence-electron chi connectivity index (χ2n) is 3.10. The van der Waals surface area contributed by atoms with Gasteiger partial charge >= 0.3 is 5.97 Å². The van der Waals surface area contributed by atoms with Crippen LogP contribution in [-0.4, -0.2) is 17.0 Å². The van der Waals surface area contributed by atoms with Crippen LogP contribution in [0.3, 0.4) is 0 Å². The van der Waals surface area contributed by atoms with Gasteiger partial charge < -0.3 is 10.4 Å². The Kier molecular flexibility index (Phi) is 4.25. The molecule has 0 aliphatic heterocycles. The minimum absolute atomic E-state index is 0.144. The minimum Gasteiger partial charge on any atom is -0.477 e. The Morgan fingerprint density at radius 1 is 1.31 bits per heavy atom. The van der Waals surface area contributed by atoms with Crippen molar-refractivity contribution in [3.05, 3.63) is 40.0 Å². The summed E-state index contributed by atoms with van der Waals surface area (Å²) in [7, 11) is 0. The maximum absolute atomic E-state index is 10.8. The number of halogens is 1. The molecule has 4 nitrogen and oxygen atoms in total. The van der Waals surface area contributed by atoms with Gasteiger partial charge in [-0.3, -0.25) is 4.79 Å². The fraction of sp³-hybridized carbons (Fsp3) is 0.0909. The van der Waals surface area contributed by atoms with E-state index in [9.17, 15) is 9.59 Å². The summed E-state index contributed by atoms with van der Waals surface area (Å²) in [6.45, 7) is 1.26. The van der Waals surface area contributed by atoms with E-state index in [0.29, 0.717) is 5.56 Å². The summed E-state index contributed by atoms with van der Waals surface area (Å²) in [6, 6.07) is 7.07. The number of rotatable bonds is 3. The molecule has 0 aliphatic carbocycles. The quantitative estimate of drug-likeness (QED) is 0.834. The van der Waals surface area contributed by atoms with Gasteiger partial charge in [-0.2, -0.15) is 0 Å². The van der Waals surface area contributed by atoms with Crippen LogP contribution >= 0.6 is 15.9 Å². The topological polar surface area (TPSA) is 66.4 Å². The average Bonchev–Trinajstić information content (AvgIpc) is 2.19. The summed E-state index contributed by atoms with van der Waals surface area (Å²) >= 11 is 3.27. The molecule has 5 heteroatoms. The monoisotopic (exact) mass is 283 g/mol. The van der Waals surface area contributed by atoms with Crippen molar-refractivity contribution >= 4 is 33.9 Å². The largest absolute Gasteiger partial charge is 0.477 e. The van der Waals surface area contributed by atoms with Crippen LogP contribution in [-0.2, 0) is 9.59 Å². The van der Waals surface area contributed by atoms with Crippen molar-refractivity contribution in [1.29, 1.82) is 0 Å². The lowest BCUT2D eigenvalue weighted by molar-refractivity contribution is -0.134. The first kappa shape index (κ1) is 12.4. The van der Waals surface area contributed by atoms with E-state index >= 15 is 0 Å². The summed E-state index contributed by atoms with van der Waals surface area (Å²) in [5, 5.41) is 11.1. The van der Waals surface area contributed by atoms with Crippen molar-refractivity contribution in [1.82, 2.24) is 5.32 Å². The SMILES string of the molecule is CC(=O)N/C(=C/c1ccc(Br)cc1)C(=O)O. The second kappa shape index (κ2) is 5.46. The Bertz CT molecular complexity index is 437. The predicted molar refractivity (Wildman–Crippen MR) is 63.6 cm³/mol. The maximum Gasteiger partial charge on any atom is 0.352 e. The Morgan fingerprint density at radius 2 is 1.88 bits per heavy atom. The van der Waals surface area contributed by atoms with Crippen LogP contribution in [0.2, 0.25) is 0 Å². The number of carbonyl (C=O) groups is 2. The Hall–Kier alpha value is -1.62. The molecule has 0 aromatic heterocycles. The molecule has 0 atom stereocenters. The van der Waals surface area contributed by atoms with E-state index in [1.54, 1.807) is 24.3 Å². The standard InChI is InChI=1S/C11H10BrNO3/c1-7(14)13-10(11(15)16)6-8-2-4-9(12)5-3-8/h2-6H,1H3,(H,13,14)(H,15,16)/b10-6+. The van der Waals surface area contributed by atoms with Gasteiger partial charge in [0.1, 0.15) is 5.70 Å². The van der Waals surface area contributed by atoms with Crippen molar-refractivity contribution in [3.63, 3.8) is 0 Å². The summed E-state index contributed by atoms with van der Waals surface area (Å²) in [5.41, 5.74) is 0.559. The Balaban J connectivity index is 2.97. The third-order valence-corrected chi connectivity index (χ3v) is 2.25. The highest BCUT2D eigenvalue weighted by Gasteiger charge is 2.08. The van der Waals surface area contributed by atoms with E-state index in [1.165, 1.54) is 13.0 Å². The van der Waals surface area contributed by atoms with Crippen molar-refractivity contribution < 1.29 is 14.7 Å². The zero-order chi connectivity index (χ0) is 12.1. The number of carboxylic acid groups (broad SMARTS) is 1. The zero-order valence-electron chi connectivity index (χ0n) is 8.53. The molecule has 0 radical (unpaired) electrons. The van der Waals surface area contributed by atoms with Crippen LogP contribution in [0, 0.1) is 0 Å². The van der Waals surface area contributed by atoms with E-state index in [4.69, 9.17) is 5.11 Å². The molecule has 2 N–H and O–H groups in total. The molecule has 0 fully saturated rings. The lowest BCUT2D eigenvalue weighted by atomic mass is 10.2. The maximum atomic E-state index is 10.8. The van der Waals surface area contributed by atoms with Gasteiger partial charge in [0.15, 0.2) is 0 Å². The molecule has 0 spiro atoms. The van der Waals surface area contributed by atoms with Crippen molar-refractivity contribution in [2.75, 3.05) is 0 Å². The van der Waals surface area contributed by atoms with Crippen molar-refractivity contribution in [3.8, 4) is 0 Å². The first-order valence-corrected chi connectivity index (χ1v) is 5.26. The number of nitrogens with one attached hydrogen (secondary N) is 1. The molecular weight excluding hydrogens is 274 g/mol. The molecule has 0 heterocycles.